The normalized spacial score (nSPS) is 17.2. The largest absolute Gasteiger partial charge is 0.466 e. The number of ether oxygens (including phenoxy) is 1. The highest BCUT2D eigenvalue weighted by atomic mass is 79.9. The molecule has 0 saturated carbocycles. The summed E-state index contributed by atoms with van der Waals surface area (Å²) in [5.74, 6) is -0.569. The van der Waals surface area contributed by atoms with Crippen molar-refractivity contribution in [2.75, 3.05) is 13.2 Å². The number of rotatable bonds is 3. The van der Waals surface area contributed by atoms with Gasteiger partial charge < -0.3 is 14.6 Å². The third-order valence-electron chi connectivity index (χ3n) is 4.44. The van der Waals surface area contributed by atoms with E-state index in [-0.39, 0.29) is 30.6 Å². The fourth-order valence-electron chi connectivity index (χ4n) is 3.48. The van der Waals surface area contributed by atoms with Crippen molar-refractivity contribution in [1.29, 1.82) is 0 Å². The summed E-state index contributed by atoms with van der Waals surface area (Å²) in [5.41, 5.74) is 2.54. The van der Waals surface area contributed by atoms with Gasteiger partial charge in [-0.25, -0.2) is 0 Å². The maximum atomic E-state index is 12.2. The van der Waals surface area contributed by atoms with E-state index in [4.69, 9.17) is 27.9 Å². The van der Waals surface area contributed by atoms with Crippen molar-refractivity contribution in [3.8, 4) is 0 Å². The van der Waals surface area contributed by atoms with E-state index in [0.717, 1.165) is 26.6 Å². The summed E-state index contributed by atoms with van der Waals surface area (Å²) in [4.78, 5) is 24.2. The molecule has 3 rings (SSSR count). The standard InChI is InChI=1S/C17H17BrCl2N2O3/c1-3-25-13(24)4-8-7-21-12(23)5-9-14-10(18)6-11(19)15(20)17(14)22(2)16(8)9/h6,8H,3-5,7H2,1-2H3,(H,21,23). The summed E-state index contributed by atoms with van der Waals surface area (Å²) in [7, 11) is 1.88. The van der Waals surface area contributed by atoms with Gasteiger partial charge in [-0.05, 0) is 18.6 Å². The first-order chi connectivity index (χ1) is 11.8. The second-order valence-electron chi connectivity index (χ2n) is 5.99. The Kier molecular flexibility index (Phi) is 5.32. The number of carbonyl (C=O) groups is 2. The maximum Gasteiger partial charge on any atom is 0.306 e. The highest BCUT2D eigenvalue weighted by Crippen LogP contribution is 2.43. The Balaban J connectivity index is 2.24. The Hall–Kier alpha value is -1.24. The Morgan fingerprint density at radius 1 is 1.48 bits per heavy atom. The van der Waals surface area contributed by atoms with E-state index in [0.29, 0.717) is 23.2 Å². The number of aryl methyl sites for hydroxylation is 1. The third kappa shape index (κ3) is 3.27. The lowest BCUT2D eigenvalue weighted by Gasteiger charge is -2.17. The molecule has 1 aromatic heterocycles. The molecule has 1 aromatic carbocycles. The van der Waals surface area contributed by atoms with Crippen LogP contribution in [0.4, 0.5) is 0 Å². The summed E-state index contributed by atoms with van der Waals surface area (Å²) in [6.45, 7) is 2.47. The minimum Gasteiger partial charge on any atom is -0.466 e. The van der Waals surface area contributed by atoms with E-state index >= 15 is 0 Å². The van der Waals surface area contributed by atoms with Crippen LogP contribution in [0.25, 0.3) is 10.9 Å². The molecule has 1 amide bonds. The smallest absolute Gasteiger partial charge is 0.306 e. The van der Waals surface area contributed by atoms with Gasteiger partial charge in [0.15, 0.2) is 0 Å². The van der Waals surface area contributed by atoms with E-state index in [9.17, 15) is 9.59 Å². The number of benzene rings is 1. The Morgan fingerprint density at radius 2 is 2.20 bits per heavy atom. The molecule has 1 aliphatic rings. The first-order valence-corrected chi connectivity index (χ1v) is 9.47. The van der Waals surface area contributed by atoms with E-state index in [1.54, 1.807) is 13.0 Å². The first kappa shape index (κ1) is 18.5. The maximum absolute atomic E-state index is 12.2. The molecule has 2 heterocycles. The van der Waals surface area contributed by atoms with Crippen molar-refractivity contribution < 1.29 is 14.3 Å². The van der Waals surface area contributed by atoms with Gasteiger partial charge in [-0.2, -0.15) is 0 Å². The van der Waals surface area contributed by atoms with Crippen molar-refractivity contribution in [1.82, 2.24) is 9.88 Å². The molecule has 8 heteroatoms. The lowest BCUT2D eigenvalue weighted by Crippen LogP contribution is -2.28. The molecule has 0 radical (unpaired) electrons. The molecule has 134 valence electrons. The van der Waals surface area contributed by atoms with Crippen LogP contribution in [0.5, 0.6) is 0 Å². The number of hydrogen-bond acceptors (Lipinski definition) is 3. The van der Waals surface area contributed by atoms with Crippen LogP contribution in [0, 0.1) is 0 Å². The van der Waals surface area contributed by atoms with Crippen LogP contribution >= 0.6 is 39.1 Å². The summed E-state index contributed by atoms with van der Waals surface area (Å²) >= 11 is 16.2. The zero-order chi connectivity index (χ0) is 18.3. The second kappa shape index (κ2) is 7.17. The van der Waals surface area contributed by atoms with Crippen molar-refractivity contribution in [2.45, 2.75) is 25.7 Å². The van der Waals surface area contributed by atoms with Crippen molar-refractivity contribution in [3.05, 3.63) is 31.8 Å². The number of nitrogens with zero attached hydrogens (tertiary/aromatic N) is 1. The SMILES string of the molecule is CCOC(=O)CC1CNC(=O)Cc2c1n(C)c1c(Cl)c(Cl)cc(Br)c21. The van der Waals surface area contributed by atoms with Crippen LogP contribution < -0.4 is 5.32 Å². The van der Waals surface area contributed by atoms with Gasteiger partial charge in [0.25, 0.3) is 0 Å². The summed E-state index contributed by atoms with van der Waals surface area (Å²) in [6.07, 6.45) is 0.414. The van der Waals surface area contributed by atoms with Crippen LogP contribution in [-0.4, -0.2) is 29.6 Å². The molecule has 2 aromatic rings. The number of esters is 1. The Labute approximate surface area is 163 Å². The molecule has 0 spiro atoms. The van der Waals surface area contributed by atoms with Gasteiger partial charge >= 0.3 is 5.97 Å². The highest BCUT2D eigenvalue weighted by Gasteiger charge is 2.31. The molecule has 25 heavy (non-hydrogen) atoms. The lowest BCUT2D eigenvalue weighted by molar-refractivity contribution is -0.143. The molecule has 0 saturated heterocycles. The molecule has 1 atom stereocenters. The number of hydrogen-bond donors (Lipinski definition) is 1. The minimum atomic E-state index is -0.289. The average Bonchev–Trinajstić information content (AvgIpc) is 2.72. The molecular weight excluding hydrogens is 431 g/mol. The van der Waals surface area contributed by atoms with Crippen molar-refractivity contribution >= 4 is 61.9 Å². The Bertz CT molecular complexity index is 879. The molecule has 1 unspecified atom stereocenters. The number of carbonyl (C=O) groups excluding carboxylic acids is 2. The number of amides is 1. The van der Waals surface area contributed by atoms with Gasteiger partial charge in [-0.15, -0.1) is 0 Å². The van der Waals surface area contributed by atoms with E-state index in [1.807, 2.05) is 11.6 Å². The fraction of sp³-hybridized carbons (Fsp3) is 0.412. The van der Waals surface area contributed by atoms with Gasteiger partial charge in [-0.3, -0.25) is 9.59 Å². The van der Waals surface area contributed by atoms with Gasteiger partial charge in [-0.1, -0.05) is 39.1 Å². The van der Waals surface area contributed by atoms with Crippen LogP contribution in [0.3, 0.4) is 0 Å². The second-order valence-corrected chi connectivity index (χ2v) is 7.63. The average molecular weight is 448 g/mol. The zero-order valence-electron chi connectivity index (χ0n) is 13.8. The fourth-order valence-corrected chi connectivity index (χ4v) is 4.74. The highest BCUT2D eigenvalue weighted by molar-refractivity contribution is 9.10. The van der Waals surface area contributed by atoms with Crippen LogP contribution in [0.1, 0.15) is 30.5 Å². The topological polar surface area (TPSA) is 60.3 Å². The first-order valence-electron chi connectivity index (χ1n) is 7.92. The number of aromatic nitrogens is 1. The van der Waals surface area contributed by atoms with Crippen LogP contribution in [-0.2, 0) is 27.8 Å². The number of halogens is 3. The van der Waals surface area contributed by atoms with Gasteiger partial charge in [0.2, 0.25) is 5.91 Å². The molecule has 0 aliphatic carbocycles. The summed E-state index contributed by atoms with van der Waals surface area (Å²) < 4.78 is 7.81. The van der Waals surface area contributed by atoms with E-state index in [1.165, 1.54) is 0 Å². The summed E-state index contributed by atoms with van der Waals surface area (Å²) in [5, 5.41) is 4.61. The molecule has 1 aliphatic heterocycles. The van der Waals surface area contributed by atoms with Crippen LogP contribution in [0.2, 0.25) is 10.0 Å². The van der Waals surface area contributed by atoms with Crippen molar-refractivity contribution in [3.63, 3.8) is 0 Å². The molecule has 1 N–H and O–H groups in total. The van der Waals surface area contributed by atoms with Gasteiger partial charge in [0.1, 0.15) is 0 Å². The van der Waals surface area contributed by atoms with Gasteiger partial charge in [0, 0.05) is 35.1 Å². The monoisotopic (exact) mass is 446 g/mol. The number of fused-ring (bicyclic) bond motifs is 3. The van der Waals surface area contributed by atoms with Crippen LogP contribution in [0.15, 0.2) is 10.5 Å². The number of nitrogens with one attached hydrogen (secondary N) is 1. The lowest BCUT2D eigenvalue weighted by atomic mass is 9.96. The summed E-state index contributed by atoms with van der Waals surface area (Å²) in [6, 6.07) is 1.73. The quantitative estimate of drug-likeness (QED) is 0.572. The molecule has 0 bridgehead atoms. The molecule has 0 fully saturated rings. The van der Waals surface area contributed by atoms with E-state index < -0.39 is 0 Å². The predicted octanol–water partition coefficient (Wildman–Crippen LogP) is 3.96. The molecule has 5 nitrogen and oxygen atoms in total. The van der Waals surface area contributed by atoms with Gasteiger partial charge in [0.05, 0.1) is 35.0 Å². The zero-order valence-corrected chi connectivity index (χ0v) is 16.9. The van der Waals surface area contributed by atoms with Crippen molar-refractivity contribution in [2.24, 2.45) is 7.05 Å². The minimum absolute atomic E-state index is 0.0851. The Morgan fingerprint density at radius 3 is 2.88 bits per heavy atom. The van der Waals surface area contributed by atoms with E-state index in [2.05, 4.69) is 21.2 Å². The molecular formula is C17H17BrCl2N2O3. The predicted molar refractivity (Wildman–Crippen MR) is 101 cm³/mol. The third-order valence-corrected chi connectivity index (χ3v) is 5.85.